The molecule has 0 aliphatic carbocycles. The predicted molar refractivity (Wildman–Crippen MR) is 103 cm³/mol. The first-order chi connectivity index (χ1) is 14.4. The van der Waals surface area contributed by atoms with Gasteiger partial charge in [0, 0.05) is 5.56 Å². The molecule has 158 valence electrons. The topological polar surface area (TPSA) is 129 Å². The van der Waals surface area contributed by atoms with Crippen LogP contribution in [0.5, 0.6) is 11.5 Å². The fourth-order valence-corrected chi connectivity index (χ4v) is 2.37. The third-order valence-corrected chi connectivity index (χ3v) is 3.85. The standard InChI is InChI=1S/C20H20N2O8/c1-27-15-9-8-12(10-16(15)28-2)18(24)22-21-17(23)11-30-20(26)14-7-5-4-6-13(14)19(25)29-3/h4-10H,11H2,1-3H3,(H,21,23)(H,22,24). The lowest BCUT2D eigenvalue weighted by molar-refractivity contribution is -0.125. The van der Waals surface area contributed by atoms with Crippen LogP contribution in [0.4, 0.5) is 0 Å². The minimum absolute atomic E-state index is 0.00663. The van der Waals surface area contributed by atoms with Gasteiger partial charge in [-0.2, -0.15) is 0 Å². The molecular formula is C20H20N2O8. The number of benzene rings is 2. The molecule has 0 saturated heterocycles. The molecule has 2 aromatic carbocycles. The highest BCUT2D eigenvalue weighted by Crippen LogP contribution is 2.27. The Bertz CT molecular complexity index is 958. The van der Waals surface area contributed by atoms with E-state index in [1.807, 2.05) is 0 Å². The zero-order valence-electron chi connectivity index (χ0n) is 16.5. The molecular weight excluding hydrogens is 396 g/mol. The summed E-state index contributed by atoms with van der Waals surface area (Å²) in [6.45, 7) is -0.680. The molecule has 0 saturated carbocycles. The lowest BCUT2D eigenvalue weighted by Gasteiger charge is -2.11. The van der Waals surface area contributed by atoms with Crippen molar-refractivity contribution in [1.29, 1.82) is 0 Å². The molecule has 0 bridgehead atoms. The number of nitrogens with one attached hydrogen (secondary N) is 2. The van der Waals surface area contributed by atoms with Crippen LogP contribution in [0.2, 0.25) is 0 Å². The zero-order valence-corrected chi connectivity index (χ0v) is 16.5. The van der Waals surface area contributed by atoms with Crippen LogP contribution in [0.1, 0.15) is 31.1 Å². The van der Waals surface area contributed by atoms with E-state index < -0.39 is 30.4 Å². The van der Waals surface area contributed by atoms with E-state index in [1.54, 1.807) is 6.07 Å². The van der Waals surface area contributed by atoms with E-state index >= 15 is 0 Å². The first kappa shape index (κ1) is 22.2. The van der Waals surface area contributed by atoms with E-state index in [2.05, 4.69) is 15.6 Å². The second-order valence-corrected chi connectivity index (χ2v) is 5.69. The van der Waals surface area contributed by atoms with Gasteiger partial charge in [-0.05, 0) is 30.3 Å². The normalized spacial score (nSPS) is 9.83. The highest BCUT2D eigenvalue weighted by molar-refractivity contribution is 6.03. The van der Waals surface area contributed by atoms with E-state index in [-0.39, 0.29) is 16.7 Å². The van der Waals surface area contributed by atoms with Crippen molar-refractivity contribution in [2.45, 2.75) is 0 Å². The maximum atomic E-state index is 12.2. The van der Waals surface area contributed by atoms with E-state index in [0.717, 1.165) is 0 Å². The van der Waals surface area contributed by atoms with Crippen LogP contribution in [-0.4, -0.2) is 51.7 Å². The number of hydrogen-bond acceptors (Lipinski definition) is 8. The van der Waals surface area contributed by atoms with Crippen molar-refractivity contribution in [2.75, 3.05) is 27.9 Å². The van der Waals surface area contributed by atoms with Gasteiger partial charge in [0.05, 0.1) is 32.5 Å². The van der Waals surface area contributed by atoms with Crippen LogP contribution in [0.3, 0.4) is 0 Å². The molecule has 0 fully saturated rings. The quantitative estimate of drug-likeness (QED) is 0.507. The molecule has 30 heavy (non-hydrogen) atoms. The summed E-state index contributed by atoms with van der Waals surface area (Å²) in [5.74, 6) is -2.22. The van der Waals surface area contributed by atoms with E-state index in [9.17, 15) is 19.2 Å². The first-order valence-electron chi connectivity index (χ1n) is 8.57. The summed E-state index contributed by atoms with van der Waals surface area (Å²) in [5.41, 5.74) is 4.48. The molecule has 0 aliphatic heterocycles. The van der Waals surface area contributed by atoms with Gasteiger partial charge >= 0.3 is 11.9 Å². The molecule has 0 radical (unpaired) electrons. The monoisotopic (exact) mass is 416 g/mol. The Labute approximate surface area is 172 Å². The zero-order chi connectivity index (χ0) is 22.1. The second-order valence-electron chi connectivity index (χ2n) is 5.69. The minimum atomic E-state index is -0.891. The molecule has 10 nitrogen and oxygen atoms in total. The average molecular weight is 416 g/mol. The SMILES string of the molecule is COC(=O)c1ccccc1C(=O)OCC(=O)NNC(=O)c1ccc(OC)c(OC)c1. The average Bonchev–Trinajstić information content (AvgIpc) is 2.79. The van der Waals surface area contributed by atoms with Gasteiger partial charge in [0.2, 0.25) is 0 Å². The fourth-order valence-electron chi connectivity index (χ4n) is 2.37. The Morgan fingerprint density at radius 1 is 0.800 bits per heavy atom. The predicted octanol–water partition coefficient (Wildman–Crippen LogP) is 1.11. The minimum Gasteiger partial charge on any atom is -0.493 e. The number of esters is 2. The van der Waals surface area contributed by atoms with Crippen molar-refractivity contribution in [3.63, 3.8) is 0 Å². The van der Waals surface area contributed by atoms with Gasteiger partial charge in [0.1, 0.15) is 0 Å². The maximum absolute atomic E-state index is 12.2. The molecule has 0 aromatic heterocycles. The van der Waals surface area contributed by atoms with Crippen molar-refractivity contribution < 1.29 is 38.1 Å². The number of carbonyl (C=O) groups excluding carboxylic acids is 4. The van der Waals surface area contributed by atoms with Crippen LogP contribution >= 0.6 is 0 Å². The largest absolute Gasteiger partial charge is 0.493 e. The molecule has 0 atom stereocenters. The lowest BCUT2D eigenvalue weighted by atomic mass is 10.1. The number of ether oxygens (including phenoxy) is 4. The van der Waals surface area contributed by atoms with Gasteiger partial charge in [-0.3, -0.25) is 20.4 Å². The Hall–Kier alpha value is -4.08. The summed E-state index contributed by atoms with van der Waals surface area (Å²) < 4.78 is 19.7. The number of hydrazine groups is 1. The van der Waals surface area contributed by atoms with Gasteiger partial charge in [-0.25, -0.2) is 9.59 Å². The summed E-state index contributed by atoms with van der Waals surface area (Å²) in [6, 6.07) is 10.3. The Morgan fingerprint density at radius 2 is 1.43 bits per heavy atom. The van der Waals surface area contributed by atoms with Crippen molar-refractivity contribution in [2.24, 2.45) is 0 Å². The molecule has 2 amide bonds. The van der Waals surface area contributed by atoms with Crippen LogP contribution in [-0.2, 0) is 14.3 Å². The van der Waals surface area contributed by atoms with Gasteiger partial charge in [-0.15, -0.1) is 0 Å². The molecule has 0 heterocycles. The highest BCUT2D eigenvalue weighted by Gasteiger charge is 2.19. The summed E-state index contributed by atoms with van der Waals surface area (Å²) in [7, 11) is 4.07. The lowest BCUT2D eigenvalue weighted by Crippen LogP contribution is -2.43. The fraction of sp³-hybridized carbons (Fsp3) is 0.200. The van der Waals surface area contributed by atoms with Gasteiger partial charge in [-0.1, -0.05) is 12.1 Å². The van der Waals surface area contributed by atoms with Gasteiger partial charge < -0.3 is 18.9 Å². The van der Waals surface area contributed by atoms with E-state index in [4.69, 9.17) is 14.2 Å². The van der Waals surface area contributed by atoms with Crippen molar-refractivity contribution in [3.05, 3.63) is 59.2 Å². The number of carbonyl (C=O) groups is 4. The summed E-state index contributed by atoms with van der Waals surface area (Å²) in [6.07, 6.45) is 0. The second kappa shape index (κ2) is 10.5. The molecule has 0 aliphatic rings. The van der Waals surface area contributed by atoms with Crippen molar-refractivity contribution in [3.8, 4) is 11.5 Å². The van der Waals surface area contributed by atoms with Crippen LogP contribution in [0.15, 0.2) is 42.5 Å². The molecule has 2 rings (SSSR count). The summed E-state index contributed by atoms with van der Waals surface area (Å²) >= 11 is 0. The third-order valence-electron chi connectivity index (χ3n) is 3.85. The Morgan fingerprint density at radius 3 is 2.03 bits per heavy atom. The smallest absolute Gasteiger partial charge is 0.339 e. The van der Waals surface area contributed by atoms with Gasteiger partial charge in [0.15, 0.2) is 18.1 Å². The first-order valence-corrected chi connectivity index (χ1v) is 8.57. The highest BCUT2D eigenvalue weighted by atomic mass is 16.5. The third kappa shape index (κ3) is 5.47. The molecule has 2 aromatic rings. The number of rotatable bonds is 7. The molecule has 2 N–H and O–H groups in total. The molecule has 0 unspecified atom stereocenters. The summed E-state index contributed by atoms with van der Waals surface area (Å²) in [5, 5.41) is 0. The van der Waals surface area contributed by atoms with Gasteiger partial charge in [0.25, 0.3) is 11.8 Å². The summed E-state index contributed by atoms with van der Waals surface area (Å²) in [4.78, 5) is 47.9. The van der Waals surface area contributed by atoms with Crippen LogP contribution in [0, 0.1) is 0 Å². The Balaban J connectivity index is 1.91. The van der Waals surface area contributed by atoms with Crippen LogP contribution < -0.4 is 20.3 Å². The molecule has 10 heteroatoms. The van der Waals surface area contributed by atoms with E-state index in [0.29, 0.717) is 11.5 Å². The number of methoxy groups -OCH3 is 3. The Kier molecular flexibility index (Phi) is 7.74. The van der Waals surface area contributed by atoms with E-state index in [1.165, 1.54) is 57.7 Å². The molecule has 0 spiro atoms. The number of amides is 2. The van der Waals surface area contributed by atoms with Crippen LogP contribution in [0.25, 0.3) is 0 Å². The maximum Gasteiger partial charge on any atom is 0.339 e. The van der Waals surface area contributed by atoms with Crippen molar-refractivity contribution >= 4 is 23.8 Å². The van der Waals surface area contributed by atoms with Crippen molar-refractivity contribution in [1.82, 2.24) is 10.9 Å². The number of hydrogen-bond donors (Lipinski definition) is 2.